The van der Waals surface area contributed by atoms with E-state index in [1.54, 1.807) is 0 Å². The summed E-state index contributed by atoms with van der Waals surface area (Å²) < 4.78 is 8.25. The average molecular weight is 550 g/mol. The molecule has 2 aliphatic rings. The van der Waals surface area contributed by atoms with Crippen molar-refractivity contribution in [1.82, 2.24) is 25.1 Å². The Hall–Kier alpha value is -3.94. The third kappa shape index (κ3) is 6.69. The van der Waals surface area contributed by atoms with E-state index in [2.05, 4.69) is 79.7 Å². The highest BCUT2D eigenvalue weighted by molar-refractivity contribution is 5.97. The Bertz CT molecular complexity index is 1430. The molecule has 1 saturated heterocycles. The number of benzene rings is 3. The number of ether oxygens (including phenoxy) is 1. The van der Waals surface area contributed by atoms with Crippen molar-refractivity contribution in [1.29, 1.82) is 0 Å². The summed E-state index contributed by atoms with van der Waals surface area (Å²) in [4.78, 5) is 20.0. The first-order valence-corrected chi connectivity index (χ1v) is 14.9. The molecule has 1 fully saturated rings. The van der Waals surface area contributed by atoms with Gasteiger partial charge in [-0.25, -0.2) is 4.98 Å². The van der Waals surface area contributed by atoms with E-state index < -0.39 is 0 Å². The fourth-order valence-corrected chi connectivity index (χ4v) is 5.92. The van der Waals surface area contributed by atoms with Crippen LogP contribution in [0, 0.1) is 0 Å². The number of carbonyl (C=O) groups is 1. The van der Waals surface area contributed by atoms with Crippen LogP contribution in [0.25, 0.3) is 11.1 Å². The summed E-state index contributed by atoms with van der Waals surface area (Å²) in [5.41, 5.74) is 6.46. The lowest BCUT2D eigenvalue weighted by molar-refractivity contribution is 0.0940. The zero-order valence-electron chi connectivity index (χ0n) is 23.6. The topological polar surface area (TPSA) is 71.4 Å². The second-order valence-corrected chi connectivity index (χ2v) is 11.0. The van der Waals surface area contributed by atoms with E-state index in [9.17, 15) is 4.79 Å². The molecule has 0 saturated carbocycles. The van der Waals surface area contributed by atoms with Crippen LogP contribution < -0.4 is 15.4 Å². The van der Waals surface area contributed by atoms with E-state index in [1.807, 2.05) is 30.7 Å². The van der Waals surface area contributed by atoms with Crippen molar-refractivity contribution in [3.8, 4) is 16.9 Å². The highest BCUT2D eigenvalue weighted by Gasteiger charge is 2.26. The Morgan fingerprint density at radius 1 is 0.927 bits per heavy atom. The number of fused-ring (bicyclic) bond motifs is 1. The van der Waals surface area contributed by atoms with Crippen LogP contribution in [0.2, 0.25) is 0 Å². The van der Waals surface area contributed by atoms with Gasteiger partial charge in [0.25, 0.3) is 5.91 Å². The van der Waals surface area contributed by atoms with E-state index in [1.165, 1.54) is 36.0 Å². The van der Waals surface area contributed by atoms with Gasteiger partial charge in [0.2, 0.25) is 0 Å². The molecular formula is C34H39N5O2. The molecule has 0 radical (unpaired) electrons. The van der Waals surface area contributed by atoms with Gasteiger partial charge in [0.15, 0.2) is 0 Å². The molecule has 2 aliphatic heterocycles. The largest absolute Gasteiger partial charge is 0.492 e. The molecule has 6 rings (SSSR count). The summed E-state index contributed by atoms with van der Waals surface area (Å²) in [6.45, 7) is 5.84. The Balaban J connectivity index is 1.07. The number of nitrogens with zero attached hydrogens (tertiary/aromatic N) is 3. The molecule has 7 nitrogen and oxygen atoms in total. The summed E-state index contributed by atoms with van der Waals surface area (Å²) in [6.07, 6.45) is 8.50. The number of likely N-dealkylation sites (tertiary alicyclic amines) is 1. The van der Waals surface area contributed by atoms with Crippen molar-refractivity contribution in [2.45, 2.75) is 44.8 Å². The van der Waals surface area contributed by atoms with Gasteiger partial charge in [-0.1, -0.05) is 73.2 Å². The number of amides is 1. The van der Waals surface area contributed by atoms with E-state index >= 15 is 0 Å². The van der Waals surface area contributed by atoms with Crippen LogP contribution in [0.5, 0.6) is 5.75 Å². The first-order chi connectivity index (χ1) is 20.2. The van der Waals surface area contributed by atoms with Gasteiger partial charge in [-0.15, -0.1) is 0 Å². The van der Waals surface area contributed by atoms with Crippen molar-refractivity contribution >= 4 is 5.91 Å². The van der Waals surface area contributed by atoms with Gasteiger partial charge in [0, 0.05) is 50.4 Å². The van der Waals surface area contributed by atoms with E-state index in [4.69, 9.17) is 4.74 Å². The van der Waals surface area contributed by atoms with Crippen LogP contribution in [-0.2, 0) is 13.1 Å². The number of hydrogen-bond acceptors (Lipinski definition) is 5. The minimum Gasteiger partial charge on any atom is -0.492 e. The number of carbonyl (C=O) groups excluding carboxylic acids is 1. The lowest BCUT2D eigenvalue weighted by Crippen LogP contribution is -2.38. The van der Waals surface area contributed by atoms with Gasteiger partial charge >= 0.3 is 0 Å². The fraction of sp³-hybridized carbons (Fsp3) is 0.353. The number of imidazole rings is 1. The normalized spacial score (nSPS) is 17.0. The standard InChI is InChI=1S/C34H39N5O2/c40-34(36-17-20-38-18-5-2-6-19-38)31-11-7-10-30-32(16-21-41-33(30)31)37-23-29-22-35-25-39(29)24-26-12-14-28(15-13-26)27-8-3-1-4-9-27/h1,3-4,7-15,22,25,32,37H,2,5-6,16-21,23-24H2,(H,36,40). The second-order valence-electron chi connectivity index (χ2n) is 11.0. The van der Waals surface area contributed by atoms with Crippen LogP contribution in [0.15, 0.2) is 85.3 Å². The van der Waals surface area contributed by atoms with Crippen LogP contribution >= 0.6 is 0 Å². The fourth-order valence-electron chi connectivity index (χ4n) is 5.92. The van der Waals surface area contributed by atoms with Crippen LogP contribution in [-0.4, -0.2) is 53.1 Å². The minimum absolute atomic E-state index is 0.0594. The maximum atomic E-state index is 13.1. The van der Waals surface area contributed by atoms with Crippen molar-refractivity contribution in [2.24, 2.45) is 0 Å². The number of aromatic nitrogens is 2. The van der Waals surface area contributed by atoms with Gasteiger partial charge in [-0.3, -0.25) is 4.79 Å². The monoisotopic (exact) mass is 549 g/mol. The van der Waals surface area contributed by atoms with Crippen LogP contribution in [0.1, 0.15) is 58.9 Å². The predicted octanol–water partition coefficient (Wildman–Crippen LogP) is 5.43. The highest BCUT2D eigenvalue weighted by atomic mass is 16.5. The van der Waals surface area contributed by atoms with Gasteiger partial charge in [-0.05, 0) is 48.7 Å². The lowest BCUT2D eigenvalue weighted by Gasteiger charge is -2.29. The second kappa shape index (κ2) is 13.1. The first-order valence-electron chi connectivity index (χ1n) is 14.9. The summed E-state index contributed by atoms with van der Waals surface area (Å²) in [6, 6.07) is 25.2. The van der Waals surface area contributed by atoms with Crippen molar-refractivity contribution < 1.29 is 9.53 Å². The van der Waals surface area contributed by atoms with Crippen LogP contribution in [0.3, 0.4) is 0 Å². The number of hydrogen-bond donors (Lipinski definition) is 2. The Labute approximate surface area is 242 Å². The third-order valence-electron chi connectivity index (χ3n) is 8.22. The first kappa shape index (κ1) is 27.2. The summed E-state index contributed by atoms with van der Waals surface area (Å²) in [7, 11) is 0. The number of nitrogens with one attached hydrogen (secondary N) is 2. The molecular weight excluding hydrogens is 510 g/mol. The Morgan fingerprint density at radius 3 is 2.56 bits per heavy atom. The SMILES string of the molecule is O=C(NCCN1CCCCC1)c1cccc2c1OCCC2NCc1cncn1Cc1ccc(-c2ccccc2)cc1. The molecule has 4 aromatic rings. The van der Waals surface area contributed by atoms with Crippen molar-refractivity contribution in [2.75, 3.05) is 32.8 Å². The molecule has 1 atom stereocenters. The zero-order chi connectivity index (χ0) is 27.9. The molecule has 7 heteroatoms. The molecule has 1 amide bonds. The molecule has 212 valence electrons. The maximum Gasteiger partial charge on any atom is 0.255 e. The van der Waals surface area contributed by atoms with E-state index in [-0.39, 0.29) is 11.9 Å². The molecule has 2 N–H and O–H groups in total. The minimum atomic E-state index is -0.0594. The van der Waals surface area contributed by atoms with Gasteiger partial charge in [0.1, 0.15) is 5.75 Å². The molecule has 3 heterocycles. The van der Waals surface area contributed by atoms with Gasteiger partial charge in [0.05, 0.1) is 24.2 Å². The number of para-hydroxylation sites is 1. The van der Waals surface area contributed by atoms with E-state index in [0.29, 0.717) is 31.0 Å². The third-order valence-corrected chi connectivity index (χ3v) is 8.22. The van der Waals surface area contributed by atoms with Crippen molar-refractivity contribution in [3.05, 3.63) is 108 Å². The quantitative estimate of drug-likeness (QED) is 0.276. The average Bonchev–Trinajstić information content (AvgIpc) is 3.47. The summed E-state index contributed by atoms with van der Waals surface area (Å²) in [5.74, 6) is 0.648. The Kier molecular flexibility index (Phi) is 8.74. The zero-order valence-corrected chi connectivity index (χ0v) is 23.6. The highest BCUT2D eigenvalue weighted by Crippen LogP contribution is 2.35. The smallest absolute Gasteiger partial charge is 0.255 e. The van der Waals surface area contributed by atoms with Gasteiger partial charge < -0.3 is 24.8 Å². The molecule has 0 spiro atoms. The molecule has 1 unspecified atom stereocenters. The Morgan fingerprint density at radius 2 is 1.73 bits per heavy atom. The summed E-state index contributed by atoms with van der Waals surface area (Å²) in [5, 5.41) is 6.83. The number of piperidine rings is 1. The number of rotatable bonds is 10. The maximum absolute atomic E-state index is 13.1. The molecule has 0 aliphatic carbocycles. The van der Waals surface area contributed by atoms with Crippen LogP contribution in [0.4, 0.5) is 0 Å². The molecule has 41 heavy (non-hydrogen) atoms. The molecule has 1 aromatic heterocycles. The predicted molar refractivity (Wildman–Crippen MR) is 162 cm³/mol. The van der Waals surface area contributed by atoms with Crippen molar-refractivity contribution in [3.63, 3.8) is 0 Å². The molecule has 0 bridgehead atoms. The van der Waals surface area contributed by atoms with Gasteiger partial charge in [-0.2, -0.15) is 0 Å². The van der Waals surface area contributed by atoms with E-state index in [0.717, 1.165) is 43.9 Å². The lowest BCUT2D eigenvalue weighted by atomic mass is 9.97. The molecule has 3 aromatic carbocycles. The summed E-state index contributed by atoms with van der Waals surface area (Å²) >= 11 is 0.